The Balaban J connectivity index is 1.84. The second-order valence-corrected chi connectivity index (χ2v) is 7.80. The fourth-order valence-electron chi connectivity index (χ4n) is 2.90. The summed E-state index contributed by atoms with van der Waals surface area (Å²) in [5.41, 5.74) is 2.11. The van der Waals surface area contributed by atoms with Crippen LogP contribution in [0.25, 0.3) is 0 Å². The van der Waals surface area contributed by atoms with Crippen LogP contribution in [-0.2, 0) is 11.3 Å². The van der Waals surface area contributed by atoms with Crippen molar-refractivity contribution in [3.8, 4) is 0 Å². The van der Waals surface area contributed by atoms with E-state index in [1.165, 1.54) is 11.8 Å². The number of hydrogen-bond acceptors (Lipinski definition) is 4. The van der Waals surface area contributed by atoms with Crippen LogP contribution in [0, 0.1) is 19.8 Å². The number of carbonyl (C=O) groups is 2. The van der Waals surface area contributed by atoms with Crippen molar-refractivity contribution in [1.82, 2.24) is 20.2 Å². The number of carbonyl (C=O) groups excluding carboxylic acids is 2. The molecule has 0 spiro atoms. The lowest BCUT2D eigenvalue weighted by Gasteiger charge is -2.13. The van der Waals surface area contributed by atoms with Crippen LogP contribution >= 0.6 is 11.8 Å². The maximum absolute atomic E-state index is 12.0. The quantitative estimate of drug-likeness (QED) is 0.772. The Morgan fingerprint density at radius 3 is 2.58 bits per heavy atom. The highest BCUT2D eigenvalue weighted by molar-refractivity contribution is 7.99. The molecule has 2 rings (SSSR count). The summed E-state index contributed by atoms with van der Waals surface area (Å²) in [4.78, 5) is 28.4. The van der Waals surface area contributed by atoms with Gasteiger partial charge in [0.1, 0.15) is 0 Å². The van der Waals surface area contributed by atoms with Gasteiger partial charge in [0.25, 0.3) is 0 Å². The number of amides is 3. The third kappa shape index (κ3) is 5.26. The first kappa shape index (κ1) is 18.8. The van der Waals surface area contributed by atoms with Crippen LogP contribution in [0.15, 0.2) is 5.16 Å². The molecule has 0 bridgehead atoms. The molecule has 7 heteroatoms. The number of nitrogens with one attached hydrogen (secondary N) is 2. The minimum absolute atomic E-state index is 0.187. The zero-order valence-corrected chi connectivity index (χ0v) is 15.8. The molecule has 0 atom stereocenters. The molecule has 3 amide bonds. The molecule has 1 aromatic heterocycles. The largest absolute Gasteiger partial charge is 0.335 e. The fraction of sp³-hybridized carbons (Fsp3) is 0.706. The first-order valence-corrected chi connectivity index (χ1v) is 9.62. The van der Waals surface area contributed by atoms with Gasteiger partial charge in [-0.15, -0.1) is 0 Å². The van der Waals surface area contributed by atoms with Crippen molar-refractivity contribution in [1.29, 1.82) is 0 Å². The van der Waals surface area contributed by atoms with Crippen molar-refractivity contribution in [2.45, 2.75) is 71.1 Å². The molecule has 134 valence electrons. The summed E-state index contributed by atoms with van der Waals surface area (Å²) in [6.07, 6.45) is 4.29. The smallest absolute Gasteiger partial charge is 0.321 e. The molecule has 1 aromatic rings. The summed E-state index contributed by atoms with van der Waals surface area (Å²) >= 11 is 1.38. The van der Waals surface area contributed by atoms with Crippen molar-refractivity contribution in [2.75, 3.05) is 5.75 Å². The SMILES string of the molecule is Cc1nc(SCC(=O)NC(=O)NC2CCCC2)n(CC(C)C)c1C. The molecule has 0 radical (unpaired) electrons. The first-order chi connectivity index (χ1) is 11.4. The van der Waals surface area contributed by atoms with Gasteiger partial charge in [0.15, 0.2) is 5.16 Å². The number of imidazole rings is 1. The third-order valence-corrected chi connectivity index (χ3v) is 5.22. The van der Waals surface area contributed by atoms with E-state index >= 15 is 0 Å². The maximum atomic E-state index is 12.0. The number of aromatic nitrogens is 2. The van der Waals surface area contributed by atoms with E-state index in [-0.39, 0.29) is 23.7 Å². The Morgan fingerprint density at radius 1 is 1.29 bits per heavy atom. The summed E-state index contributed by atoms with van der Waals surface area (Å²) in [6, 6.07) is -0.175. The molecular weight excluding hydrogens is 324 g/mol. The number of imide groups is 1. The Hall–Kier alpha value is -1.50. The van der Waals surface area contributed by atoms with Gasteiger partial charge in [0.2, 0.25) is 5.91 Å². The molecule has 0 aliphatic heterocycles. The zero-order valence-electron chi connectivity index (χ0n) is 15.0. The summed E-state index contributed by atoms with van der Waals surface area (Å²) in [5.74, 6) is 0.402. The zero-order chi connectivity index (χ0) is 17.7. The number of urea groups is 1. The number of hydrogen-bond donors (Lipinski definition) is 2. The average molecular weight is 353 g/mol. The van der Waals surface area contributed by atoms with E-state index in [4.69, 9.17) is 0 Å². The van der Waals surface area contributed by atoms with Gasteiger partial charge in [-0.25, -0.2) is 9.78 Å². The van der Waals surface area contributed by atoms with E-state index in [0.29, 0.717) is 5.92 Å². The molecule has 1 aliphatic rings. The van der Waals surface area contributed by atoms with E-state index in [9.17, 15) is 9.59 Å². The topological polar surface area (TPSA) is 76.0 Å². The van der Waals surface area contributed by atoms with Crippen LogP contribution < -0.4 is 10.6 Å². The lowest BCUT2D eigenvalue weighted by Crippen LogP contribution is -2.44. The van der Waals surface area contributed by atoms with Crippen molar-refractivity contribution in [2.24, 2.45) is 5.92 Å². The van der Waals surface area contributed by atoms with Crippen LogP contribution in [0.3, 0.4) is 0 Å². The molecule has 1 fully saturated rings. The van der Waals surface area contributed by atoms with Crippen LogP contribution in [0.1, 0.15) is 50.9 Å². The average Bonchev–Trinajstić information content (AvgIpc) is 3.08. The minimum atomic E-state index is -0.384. The van der Waals surface area contributed by atoms with Gasteiger partial charge in [0.05, 0.1) is 11.4 Å². The normalized spacial score (nSPS) is 15.0. The van der Waals surface area contributed by atoms with Crippen molar-refractivity contribution in [3.63, 3.8) is 0 Å². The Kier molecular flexibility index (Phi) is 6.71. The molecular formula is C17H28N4O2S. The van der Waals surface area contributed by atoms with Gasteiger partial charge in [0, 0.05) is 18.3 Å². The monoisotopic (exact) mass is 352 g/mol. The maximum Gasteiger partial charge on any atom is 0.321 e. The Labute approximate surface area is 148 Å². The summed E-state index contributed by atoms with van der Waals surface area (Å²) in [6.45, 7) is 9.21. The predicted molar refractivity (Wildman–Crippen MR) is 96.2 cm³/mol. The highest BCUT2D eigenvalue weighted by Crippen LogP contribution is 2.22. The highest BCUT2D eigenvalue weighted by Gasteiger charge is 2.19. The molecule has 0 aromatic carbocycles. The van der Waals surface area contributed by atoms with Gasteiger partial charge in [-0.1, -0.05) is 38.5 Å². The number of aryl methyl sites for hydroxylation is 1. The number of nitrogens with zero attached hydrogens (tertiary/aromatic N) is 2. The summed E-state index contributed by atoms with van der Waals surface area (Å²) in [5, 5.41) is 6.11. The van der Waals surface area contributed by atoms with E-state index in [1.807, 2.05) is 13.8 Å². The molecule has 1 saturated carbocycles. The molecule has 6 nitrogen and oxygen atoms in total. The van der Waals surface area contributed by atoms with Crippen molar-refractivity contribution < 1.29 is 9.59 Å². The molecule has 0 saturated heterocycles. The Bertz CT molecular complexity index is 592. The van der Waals surface area contributed by atoms with Crippen molar-refractivity contribution in [3.05, 3.63) is 11.4 Å². The highest BCUT2D eigenvalue weighted by atomic mass is 32.2. The second kappa shape index (κ2) is 8.55. The van der Waals surface area contributed by atoms with E-state index in [2.05, 4.69) is 34.0 Å². The van der Waals surface area contributed by atoms with Gasteiger partial charge >= 0.3 is 6.03 Å². The predicted octanol–water partition coefficient (Wildman–Crippen LogP) is 3.02. The lowest BCUT2D eigenvalue weighted by molar-refractivity contribution is -0.117. The van der Waals surface area contributed by atoms with Gasteiger partial charge in [-0.2, -0.15) is 0 Å². The van der Waals surface area contributed by atoms with Gasteiger partial charge in [-0.3, -0.25) is 10.1 Å². The molecule has 2 N–H and O–H groups in total. The number of rotatable bonds is 6. The van der Waals surface area contributed by atoms with Crippen LogP contribution in [0.4, 0.5) is 4.79 Å². The number of thioether (sulfide) groups is 1. The molecule has 1 aliphatic carbocycles. The molecule has 0 unspecified atom stereocenters. The fourth-order valence-corrected chi connectivity index (χ4v) is 3.80. The van der Waals surface area contributed by atoms with Gasteiger partial charge < -0.3 is 9.88 Å². The first-order valence-electron chi connectivity index (χ1n) is 8.63. The summed E-state index contributed by atoms with van der Waals surface area (Å²) in [7, 11) is 0. The summed E-state index contributed by atoms with van der Waals surface area (Å²) < 4.78 is 2.15. The van der Waals surface area contributed by atoms with Crippen LogP contribution in [0.5, 0.6) is 0 Å². The minimum Gasteiger partial charge on any atom is -0.335 e. The van der Waals surface area contributed by atoms with Crippen LogP contribution in [-0.4, -0.2) is 33.3 Å². The molecule has 1 heterocycles. The second-order valence-electron chi connectivity index (χ2n) is 6.86. The lowest BCUT2D eigenvalue weighted by atomic mass is 10.2. The standard InChI is InChI=1S/C17H28N4O2S/c1-11(2)9-21-13(4)12(3)18-17(21)24-10-15(22)20-16(23)19-14-7-5-6-8-14/h11,14H,5-10H2,1-4H3,(H2,19,20,22,23). The van der Waals surface area contributed by atoms with Crippen LogP contribution in [0.2, 0.25) is 0 Å². The Morgan fingerprint density at radius 2 is 1.96 bits per heavy atom. The van der Waals surface area contributed by atoms with E-state index in [1.54, 1.807) is 0 Å². The van der Waals surface area contributed by atoms with Crippen molar-refractivity contribution >= 4 is 23.7 Å². The van der Waals surface area contributed by atoms with Gasteiger partial charge in [-0.05, 0) is 32.6 Å². The third-order valence-electron chi connectivity index (χ3n) is 4.25. The van der Waals surface area contributed by atoms with E-state index in [0.717, 1.165) is 48.8 Å². The van der Waals surface area contributed by atoms with E-state index < -0.39 is 0 Å². The molecule has 24 heavy (non-hydrogen) atoms.